The van der Waals surface area contributed by atoms with Crippen molar-refractivity contribution in [2.45, 2.75) is 26.9 Å². The van der Waals surface area contributed by atoms with E-state index in [0.717, 1.165) is 11.4 Å². The molecule has 2 heterocycles. The monoisotopic (exact) mass is 318 g/mol. The van der Waals surface area contributed by atoms with Gasteiger partial charge in [0.25, 0.3) is 0 Å². The number of aromatic nitrogens is 4. The van der Waals surface area contributed by atoms with Crippen molar-refractivity contribution >= 4 is 11.6 Å². The number of hydrogen-bond acceptors (Lipinski definition) is 5. The van der Waals surface area contributed by atoms with E-state index in [1.165, 1.54) is 0 Å². The van der Waals surface area contributed by atoms with Gasteiger partial charge in [0.05, 0.1) is 11.1 Å². The lowest BCUT2D eigenvalue weighted by Gasteiger charge is -2.11. The fourth-order valence-corrected chi connectivity index (χ4v) is 2.23. The first-order chi connectivity index (χ1) is 10.5. The number of rotatable bonds is 4. The molecular weight excluding hydrogens is 304 g/mol. The molecule has 0 saturated carbocycles. The Morgan fingerprint density at radius 3 is 2.77 bits per heavy atom. The summed E-state index contributed by atoms with van der Waals surface area (Å²) < 4.78 is 12.6. The first-order valence-electron chi connectivity index (χ1n) is 6.85. The Bertz CT molecular complexity index is 794. The number of benzene rings is 1. The third kappa shape index (κ3) is 2.82. The van der Waals surface area contributed by atoms with Gasteiger partial charge in [-0.3, -0.25) is 4.57 Å². The van der Waals surface area contributed by atoms with Gasteiger partial charge in [-0.2, -0.15) is 4.98 Å². The van der Waals surface area contributed by atoms with Crippen LogP contribution in [0, 0.1) is 6.92 Å². The average molecular weight is 319 g/mol. The van der Waals surface area contributed by atoms with Gasteiger partial charge >= 0.3 is 6.01 Å². The van der Waals surface area contributed by atoms with Crippen LogP contribution in [0.2, 0.25) is 5.02 Å². The van der Waals surface area contributed by atoms with Gasteiger partial charge in [-0.15, -0.1) is 0 Å². The lowest BCUT2D eigenvalue weighted by atomic mass is 10.2. The first kappa shape index (κ1) is 14.6. The maximum absolute atomic E-state index is 6.23. The van der Waals surface area contributed by atoms with Crippen LogP contribution in [0.3, 0.4) is 0 Å². The highest BCUT2D eigenvalue weighted by Crippen LogP contribution is 2.30. The fourth-order valence-electron chi connectivity index (χ4n) is 2.00. The molecule has 0 N–H and O–H groups in total. The second-order valence-electron chi connectivity index (χ2n) is 5.06. The van der Waals surface area contributed by atoms with Gasteiger partial charge in [0.1, 0.15) is 11.6 Å². The summed E-state index contributed by atoms with van der Waals surface area (Å²) in [6, 6.07) is 5.77. The Labute approximate surface area is 132 Å². The van der Waals surface area contributed by atoms with Crippen LogP contribution in [0.5, 0.6) is 5.75 Å². The molecule has 0 aliphatic rings. The minimum atomic E-state index is 0.0596. The Hall–Kier alpha value is -2.34. The molecular formula is C15H15ClN4O2. The molecule has 6 nitrogen and oxygen atoms in total. The average Bonchev–Trinajstić information content (AvgIpc) is 3.09. The van der Waals surface area contributed by atoms with Gasteiger partial charge in [-0.25, -0.2) is 4.98 Å². The van der Waals surface area contributed by atoms with E-state index in [2.05, 4.69) is 15.1 Å². The van der Waals surface area contributed by atoms with Crippen molar-refractivity contribution in [1.29, 1.82) is 0 Å². The zero-order valence-corrected chi connectivity index (χ0v) is 13.2. The minimum absolute atomic E-state index is 0.0596. The van der Waals surface area contributed by atoms with E-state index in [1.807, 2.05) is 26.8 Å². The summed E-state index contributed by atoms with van der Waals surface area (Å²) in [6.45, 7) is 5.76. The zero-order chi connectivity index (χ0) is 15.7. The van der Waals surface area contributed by atoms with Gasteiger partial charge in [-0.05, 0) is 39.0 Å². The molecule has 0 spiro atoms. The van der Waals surface area contributed by atoms with E-state index < -0.39 is 0 Å². The highest BCUT2D eigenvalue weighted by Gasteiger charge is 2.13. The molecule has 0 aliphatic heterocycles. The largest absolute Gasteiger partial charge is 0.489 e. The standard InChI is InChI=1S/C15H15ClN4O2/c1-9(2)21-13-5-4-11(8-12(13)16)14-18-15(22-19-14)20-7-6-17-10(20)3/h4-9H,1-3H3. The van der Waals surface area contributed by atoms with Crippen molar-refractivity contribution in [1.82, 2.24) is 19.7 Å². The topological polar surface area (TPSA) is 66.0 Å². The minimum Gasteiger partial charge on any atom is -0.489 e. The van der Waals surface area contributed by atoms with Crippen LogP contribution in [-0.4, -0.2) is 25.8 Å². The van der Waals surface area contributed by atoms with Crippen molar-refractivity contribution < 1.29 is 9.26 Å². The summed E-state index contributed by atoms with van der Waals surface area (Å²) in [5.74, 6) is 1.87. The summed E-state index contributed by atoms with van der Waals surface area (Å²) >= 11 is 6.23. The molecule has 0 aliphatic carbocycles. The SMILES string of the molecule is Cc1nccn1-c1nc(-c2ccc(OC(C)C)c(Cl)c2)no1. The van der Waals surface area contributed by atoms with Crippen molar-refractivity contribution in [3.05, 3.63) is 41.4 Å². The molecule has 114 valence electrons. The van der Waals surface area contributed by atoms with Gasteiger partial charge in [0, 0.05) is 18.0 Å². The number of hydrogen-bond donors (Lipinski definition) is 0. The summed E-state index contributed by atoms with van der Waals surface area (Å²) in [7, 11) is 0. The molecule has 0 amide bonds. The first-order valence-corrected chi connectivity index (χ1v) is 7.23. The van der Waals surface area contributed by atoms with E-state index in [9.17, 15) is 0 Å². The van der Waals surface area contributed by atoms with Gasteiger partial charge in [0.15, 0.2) is 0 Å². The molecule has 0 bridgehead atoms. The molecule has 3 aromatic rings. The molecule has 1 aromatic carbocycles. The Morgan fingerprint density at radius 1 is 1.32 bits per heavy atom. The van der Waals surface area contributed by atoms with Crippen molar-refractivity contribution in [2.75, 3.05) is 0 Å². The maximum Gasteiger partial charge on any atom is 0.333 e. The van der Waals surface area contributed by atoms with E-state index >= 15 is 0 Å². The van der Waals surface area contributed by atoms with Crippen LogP contribution < -0.4 is 4.74 Å². The third-order valence-electron chi connectivity index (χ3n) is 3.00. The molecule has 0 saturated heterocycles. The van der Waals surface area contributed by atoms with Crippen molar-refractivity contribution in [2.24, 2.45) is 0 Å². The van der Waals surface area contributed by atoms with E-state index in [0.29, 0.717) is 22.6 Å². The van der Waals surface area contributed by atoms with Crippen LogP contribution in [0.15, 0.2) is 35.1 Å². The predicted molar refractivity (Wildman–Crippen MR) is 82.4 cm³/mol. The van der Waals surface area contributed by atoms with E-state index in [-0.39, 0.29) is 6.10 Å². The fraction of sp³-hybridized carbons (Fsp3) is 0.267. The Morgan fingerprint density at radius 2 is 2.14 bits per heavy atom. The van der Waals surface area contributed by atoms with Gasteiger partial charge in [0.2, 0.25) is 5.82 Å². The summed E-state index contributed by atoms with van der Waals surface area (Å²) in [6.07, 6.45) is 3.50. The second-order valence-corrected chi connectivity index (χ2v) is 5.46. The Balaban J connectivity index is 1.91. The summed E-state index contributed by atoms with van der Waals surface area (Å²) in [5.41, 5.74) is 0.758. The molecule has 2 aromatic heterocycles. The Kier molecular flexibility index (Phi) is 3.85. The molecule has 0 radical (unpaired) electrons. The molecule has 7 heteroatoms. The number of nitrogens with zero attached hydrogens (tertiary/aromatic N) is 4. The molecule has 3 rings (SSSR count). The van der Waals surface area contributed by atoms with Crippen LogP contribution in [-0.2, 0) is 0 Å². The number of ether oxygens (including phenoxy) is 1. The molecule has 0 fully saturated rings. The number of aryl methyl sites for hydroxylation is 1. The highest BCUT2D eigenvalue weighted by molar-refractivity contribution is 6.32. The molecule has 0 atom stereocenters. The smallest absolute Gasteiger partial charge is 0.333 e. The lowest BCUT2D eigenvalue weighted by Crippen LogP contribution is -2.05. The summed E-state index contributed by atoms with van der Waals surface area (Å²) in [5, 5.41) is 4.49. The third-order valence-corrected chi connectivity index (χ3v) is 3.30. The molecule has 22 heavy (non-hydrogen) atoms. The van der Waals surface area contributed by atoms with Gasteiger partial charge < -0.3 is 9.26 Å². The second kappa shape index (κ2) is 5.81. The van der Waals surface area contributed by atoms with Crippen LogP contribution in [0.1, 0.15) is 19.7 Å². The van der Waals surface area contributed by atoms with E-state index in [4.69, 9.17) is 20.9 Å². The molecule has 0 unspecified atom stereocenters. The lowest BCUT2D eigenvalue weighted by molar-refractivity contribution is 0.242. The highest BCUT2D eigenvalue weighted by atomic mass is 35.5. The maximum atomic E-state index is 6.23. The normalized spacial score (nSPS) is 11.1. The van der Waals surface area contributed by atoms with Crippen LogP contribution >= 0.6 is 11.6 Å². The number of imidazole rings is 1. The van der Waals surface area contributed by atoms with Crippen molar-refractivity contribution in [3.8, 4) is 23.2 Å². The number of halogens is 1. The van der Waals surface area contributed by atoms with Gasteiger partial charge in [-0.1, -0.05) is 16.8 Å². The van der Waals surface area contributed by atoms with Crippen molar-refractivity contribution in [3.63, 3.8) is 0 Å². The zero-order valence-electron chi connectivity index (χ0n) is 12.4. The quantitative estimate of drug-likeness (QED) is 0.734. The predicted octanol–water partition coefficient (Wildman–Crippen LogP) is 3.67. The van der Waals surface area contributed by atoms with E-state index in [1.54, 1.807) is 29.1 Å². The summed E-state index contributed by atoms with van der Waals surface area (Å²) in [4.78, 5) is 8.49. The van der Waals surface area contributed by atoms with Crippen LogP contribution in [0.4, 0.5) is 0 Å². The van der Waals surface area contributed by atoms with Crippen LogP contribution in [0.25, 0.3) is 17.4 Å².